The van der Waals surface area contributed by atoms with Crippen LogP contribution in [0.1, 0.15) is 12.5 Å². The average molecular weight is 433 g/mol. The van der Waals surface area contributed by atoms with Crippen molar-refractivity contribution in [2.24, 2.45) is 12.0 Å². The largest absolute Gasteiger partial charge is 0.480 e. The van der Waals surface area contributed by atoms with E-state index in [1.807, 2.05) is 73.8 Å². The molecule has 0 radical (unpaired) electrons. The van der Waals surface area contributed by atoms with Crippen molar-refractivity contribution in [3.8, 4) is 11.1 Å². The number of hydrogen-bond acceptors (Lipinski definition) is 4. The summed E-state index contributed by atoms with van der Waals surface area (Å²) >= 11 is 6.72. The van der Waals surface area contributed by atoms with Crippen molar-refractivity contribution in [1.29, 1.82) is 0 Å². The summed E-state index contributed by atoms with van der Waals surface area (Å²) in [6, 6.07) is 20.8. The van der Waals surface area contributed by atoms with Crippen molar-refractivity contribution in [2.45, 2.75) is 13.0 Å². The first-order valence-corrected chi connectivity index (χ1v) is 10.2. The van der Waals surface area contributed by atoms with Crippen LogP contribution in [0.3, 0.4) is 0 Å². The van der Waals surface area contributed by atoms with Crippen molar-refractivity contribution in [3.63, 3.8) is 0 Å². The van der Waals surface area contributed by atoms with Gasteiger partial charge in [-0.25, -0.2) is 4.79 Å². The van der Waals surface area contributed by atoms with Crippen LogP contribution in [-0.4, -0.2) is 33.1 Å². The zero-order valence-electron chi connectivity index (χ0n) is 17.1. The molecule has 0 bridgehead atoms. The number of nitrogens with one attached hydrogen (secondary N) is 1. The highest BCUT2D eigenvalue weighted by molar-refractivity contribution is 6.36. The summed E-state index contributed by atoms with van der Waals surface area (Å²) in [5, 5.41) is 18.5. The molecule has 3 aromatic carbocycles. The van der Waals surface area contributed by atoms with Crippen LogP contribution in [0.4, 0.5) is 11.5 Å². The molecule has 6 nitrogen and oxygen atoms in total. The molecule has 1 unspecified atom stereocenters. The lowest BCUT2D eigenvalue weighted by Crippen LogP contribution is -2.13. The van der Waals surface area contributed by atoms with Gasteiger partial charge in [-0.1, -0.05) is 60.1 Å². The topological polar surface area (TPSA) is 79.5 Å². The maximum atomic E-state index is 11.0. The van der Waals surface area contributed by atoms with E-state index >= 15 is 0 Å². The number of anilines is 2. The van der Waals surface area contributed by atoms with Gasteiger partial charge in [-0.3, -0.25) is 9.67 Å². The second-order valence-electron chi connectivity index (χ2n) is 7.20. The Morgan fingerprint density at radius 1 is 1.16 bits per heavy atom. The number of nitrogens with zero attached hydrogens (tertiary/aromatic N) is 3. The predicted molar refractivity (Wildman–Crippen MR) is 126 cm³/mol. The smallest absolute Gasteiger partial charge is 0.328 e. The summed E-state index contributed by atoms with van der Waals surface area (Å²) in [5.41, 5.74) is 4.44. The second-order valence-corrected chi connectivity index (χ2v) is 7.58. The fraction of sp³-hybridized carbons (Fsp3) is 0.125. The molecule has 4 rings (SSSR count). The van der Waals surface area contributed by atoms with Crippen LogP contribution < -0.4 is 5.32 Å². The first kappa shape index (κ1) is 20.6. The Bertz CT molecular complexity index is 1280. The monoisotopic (exact) mass is 432 g/mol. The van der Waals surface area contributed by atoms with E-state index in [9.17, 15) is 4.79 Å². The van der Waals surface area contributed by atoms with E-state index in [0.717, 1.165) is 33.3 Å². The van der Waals surface area contributed by atoms with Gasteiger partial charge in [-0.2, -0.15) is 5.10 Å². The second kappa shape index (κ2) is 8.62. The number of aliphatic carboxylic acids is 1. The van der Waals surface area contributed by atoms with Crippen molar-refractivity contribution >= 4 is 46.2 Å². The highest BCUT2D eigenvalue weighted by Crippen LogP contribution is 2.36. The van der Waals surface area contributed by atoms with Gasteiger partial charge >= 0.3 is 5.97 Å². The maximum Gasteiger partial charge on any atom is 0.328 e. The summed E-state index contributed by atoms with van der Waals surface area (Å²) in [7, 11) is 1.87. The molecule has 1 atom stereocenters. The van der Waals surface area contributed by atoms with E-state index in [-0.39, 0.29) is 0 Å². The van der Waals surface area contributed by atoms with Gasteiger partial charge in [0.2, 0.25) is 0 Å². The lowest BCUT2D eigenvalue weighted by molar-refractivity contribution is -0.137. The molecular formula is C24H21ClN4O2. The Morgan fingerprint density at radius 3 is 2.68 bits per heavy atom. The van der Waals surface area contributed by atoms with Crippen LogP contribution in [0.5, 0.6) is 0 Å². The third-order valence-electron chi connectivity index (χ3n) is 5.02. The van der Waals surface area contributed by atoms with Crippen molar-refractivity contribution in [3.05, 3.63) is 77.3 Å². The molecule has 0 saturated carbocycles. The molecule has 0 aliphatic carbocycles. The number of aliphatic imine (C=N–C) groups is 1. The summed E-state index contributed by atoms with van der Waals surface area (Å²) < 4.78 is 1.79. The molecule has 1 aromatic heterocycles. The Balaban J connectivity index is 1.71. The van der Waals surface area contributed by atoms with Crippen molar-refractivity contribution in [1.82, 2.24) is 9.78 Å². The van der Waals surface area contributed by atoms with Gasteiger partial charge in [0.1, 0.15) is 6.04 Å². The number of aryl methyl sites for hydroxylation is 1. The summed E-state index contributed by atoms with van der Waals surface area (Å²) in [5.74, 6) is -0.305. The fourth-order valence-corrected chi connectivity index (χ4v) is 3.60. The number of carboxylic acid groups (broad SMARTS) is 1. The minimum absolute atomic E-state index is 0.612. The molecule has 0 saturated heterocycles. The number of hydrogen-bond donors (Lipinski definition) is 2. The minimum atomic E-state index is -0.964. The Kier molecular flexibility index (Phi) is 5.73. The van der Waals surface area contributed by atoms with E-state index in [2.05, 4.69) is 15.4 Å². The first-order valence-electron chi connectivity index (χ1n) is 9.77. The molecule has 0 fully saturated rings. The molecule has 0 aliphatic heterocycles. The minimum Gasteiger partial charge on any atom is -0.480 e. The lowest BCUT2D eigenvalue weighted by Gasteiger charge is -2.11. The van der Waals surface area contributed by atoms with Crippen LogP contribution in [0.25, 0.3) is 22.0 Å². The number of aromatic nitrogens is 2. The molecule has 0 amide bonds. The van der Waals surface area contributed by atoms with Crippen LogP contribution in [0.15, 0.2) is 71.7 Å². The zero-order valence-corrected chi connectivity index (χ0v) is 17.8. The molecule has 4 aromatic rings. The number of rotatable bonds is 6. The number of fused-ring (bicyclic) bond motifs is 1. The standard InChI is InChI=1S/C24H21ClN4O2/c1-15(24(30)31)26-14-16-11-12-21-19(13-16)23(28-29(21)2)27-20-10-6-9-18(22(20)25)17-7-4-3-5-8-17/h3-15H,1-2H3,(H,27,28)(H,30,31). The Hall–Kier alpha value is -3.64. The Labute approximate surface area is 184 Å². The Morgan fingerprint density at radius 2 is 1.94 bits per heavy atom. The quantitative estimate of drug-likeness (QED) is 0.392. The first-order chi connectivity index (χ1) is 14.9. The van der Waals surface area contributed by atoms with E-state index < -0.39 is 12.0 Å². The molecule has 7 heteroatoms. The van der Waals surface area contributed by atoms with Gasteiger partial charge in [0.25, 0.3) is 0 Å². The van der Waals surface area contributed by atoms with Crippen molar-refractivity contribution in [2.75, 3.05) is 5.32 Å². The van der Waals surface area contributed by atoms with Gasteiger partial charge in [-0.15, -0.1) is 0 Å². The number of benzene rings is 3. The van der Waals surface area contributed by atoms with Gasteiger partial charge in [0, 0.05) is 24.2 Å². The molecule has 156 valence electrons. The van der Waals surface area contributed by atoms with E-state index in [4.69, 9.17) is 16.7 Å². The number of carbonyl (C=O) groups is 1. The molecule has 2 N–H and O–H groups in total. The van der Waals surface area contributed by atoms with Crippen LogP contribution in [0.2, 0.25) is 5.02 Å². The maximum absolute atomic E-state index is 11.0. The van der Waals surface area contributed by atoms with E-state index in [1.54, 1.807) is 10.9 Å². The van der Waals surface area contributed by atoms with Gasteiger partial charge < -0.3 is 10.4 Å². The summed E-state index contributed by atoms with van der Waals surface area (Å²) in [6.07, 6.45) is 1.57. The van der Waals surface area contributed by atoms with Crippen LogP contribution in [-0.2, 0) is 11.8 Å². The number of halogens is 1. The lowest BCUT2D eigenvalue weighted by atomic mass is 10.0. The molecule has 31 heavy (non-hydrogen) atoms. The summed E-state index contributed by atoms with van der Waals surface area (Å²) in [4.78, 5) is 15.1. The van der Waals surface area contributed by atoms with Crippen LogP contribution in [0, 0.1) is 0 Å². The highest BCUT2D eigenvalue weighted by atomic mass is 35.5. The number of carboxylic acids is 1. The molecule has 0 aliphatic rings. The third-order valence-corrected chi connectivity index (χ3v) is 5.42. The average Bonchev–Trinajstić information content (AvgIpc) is 3.08. The van der Waals surface area contributed by atoms with Crippen LogP contribution >= 0.6 is 11.6 Å². The summed E-state index contributed by atoms with van der Waals surface area (Å²) in [6.45, 7) is 1.54. The SMILES string of the molecule is CC(N=Cc1ccc2c(c1)c(Nc1cccc(-c3ccccc3)c1Cl)nn2C)C(=O)O. The molecule has 0 spiro atoms. The van der Waals surface area contributed by atoms with Gasteiger partial charge in [0.15, 0.2) is 5.82 Å². The van der Waals surface area contributed by atoms with E-state index in [0.29, 0.717) is 10.8 Å². The van der Waals surface area contributed by atoms with E-state index in [1.165, 1.54) is 6.92 Å². The third kappa shape index (κ3) is 4.29. The fourth-order valence-electron chi connectivity index (χ4n) is 3.31. The van der Waals surface area contributed by atoms with Gasteiger partial charge in [0.05, 0.1) is 16.2 Å². The highest BCUT2D eigenvalue weighted by Gasteiger charge is 2.13. The van der Waals surface area contributed by atoms with Crippen molar-refractivity contribution < 1.29 is 9.90 Å². The molecule has 1 heterocycles. The zero-order chi connectivity index (χ0) is 22.0. The van der Waals surface area contributed by atoms with Gasteiger partial charge in [-0.05, 0) is 36.2 Å². The normalized spacial score (nSPS) is 12.4. The molecular weight excluding hydrogens is 412 g/mol. The predicted octanol–water partition coefficient (Wildman–Crippen LogP) is 5.53.